The molecule has 0 spiro atoms. The molecule has 0 radical (unpaired) electrons. The minimum atomic E-state index is -0.116. The minimum absolute atomic E-state index is 0.116. The molecule has 1 saturated carbocycles. The lowest BCUT2D eigenvalue weighted by Crippen LogP contribution is -2.39. The van der Waals surface area contributed by atoms with Gasteiger partial charge in [0.1, 0.15) is 0 Å². The Bertz CT molecular complexity index is 906. The first-order chi connectivity index (χ1) is 13.1. The van der Waals surface area contributed by atoms with Crippen LogP contribution in [0.15, 0.2) is 24.3 Å². The van der Waals surface area contributed by atoms with E-state index in [4.69, 9.17) is 5.26 Å². The Hall–Kier alpha value is -2.81. The predicted octanol–water partition coefficient (Wildman–Crippen LogP) is 3.82. The zero-order valence-corrected chi connectivity index (χ0v) is 15.9. The molecule has 1 atom stereocenters. The van der Waals surface area contributed by atoms with Crippen molar-refractivity contribution in [3.8, 4) is 6.07 Å². The molecule has 0 saturated heterocycles. The normalized spacial score (nSPS) is 17.1. The van der Waals surface area contributed by atoms with E-state index in [1.54, 1.807) is 0 Å². The van der Waals surface area contributed by atoms with E-state index < -0.39 is 0 Å². The molecule has 1 fully saturated rings. The van der Waals surface area contributed by atoms with E-state index in [1.165, 1.54) is 18.4 Å². The fourth-order valence-corrected chi connectivity index (χ4v) is 4.04. The van der Waals surface area contributed by atoms with Crippen LogP contribution >= 0.6 is 0 Å². The summed E-state index contributed by atoms with van der Waals surface area (Å²) < 4.78 is 2.03. The highest BCUT2D eigenvalue weighted by Crippen LogP contribution is 2.39. The Kier molecular flexibility index (Phi) is 4.61. The topological polar surface area (TPSA) is 74.0 Å². The zero-order chi connectivity index (χ0) is 19.0. The molecule has 1 aliphatic carbocycles. The van der Waals surface area contributed by atoms with E-state index in [-0.39, 0.29) is 6.03 Å². The molecule has 140 valence electrons. The van der Waals surface area contributed by atoms with E-state index >= 15 is 0 Å². The van der Waals surface area contributed by atoms with E-state index in [2.05, 4.69) is 23.4 Å². The Morgan fingerprint density at radius 2 is 2.26 bits per heavy atom. The predicted molar refractivity (Wildman–Crippen MR) is 103 cm³/mol. The number of anilines is 1. The second-order valence-electron chi connectivity index (χ2n) is 7.68. The summed E-state index contributed by atoms with van der Waals surface area (Å²) in [4.78, 5) is 14.6. The number of nitrogens with one attached hydrogen (secondary N) is 1. The monoisotopic (exact) mass is 363 g/mol. The molecule has 2 aliphatic rings. The first kappa shape index (κ1) is 17.6. The van der Waals surface area contributed by atoms with Crippen molar-refractivity contribution < 1.29 is 4.79 Å². The molecule has 4 rings (SSSR count). The fraction of sp³-hybridized carbons (Fsp3) is 0.476. The van der Waals surface area contributed by atoms with Gasteiger partial charge in [0.25, 0.3) is 0 Å². The number of hydrogen-bond donors (Lipinski definition) is 1. The third kappa shape index (κ3) is 3.55. The van der Waals surface area contributed by atoms with Gasteiger partial charge in [0, 0.05) is 24.8 Å². The van der Waals surface area contributed by atoms with Crippen LogP contribution in [-0.4, -0.2) is 27.3 Å². The smallest absolute Gasteiger partial charge is 0.320 e. The summed E-state index contributed by atoms with van der Waals surface area (Å²) in [5, 5.41) is 16.6. The SMILES string of the molecule is Cc1cc(NC(=O)N2CCc3c(CC#N)cccc3C2)nn1C(C)C1CC1. The van der Waals surface area contributed by atoms with Crippen LogP contribution in [-0.2, 0) is 19.4 Å². The number of nitriles is 1. The number of hydrogen-bond acceptors (Lipinski definition) is 3. The van der Waals surface area contributed by atoms with Crippen molar-refractivity contribution in [3.63, 3.8) is 0 Å². The van der Waals surface area contributed by atoms with E-state index in [9.17, 15) is 4.79 Å². The van der Waals surface area contributed by atoms with Crippen molar-refractivity contribution in [1.29, 1.82) is 5.26 Å². The Labute approximate surface area is 159 Å². The van der Waals surface area contributed by atoms with Crippen molar-refractivity contribution >= 4 is 11.8 Å². The molecule has 2 aromatic rings. The third-order valence-electron chi connectivity index (χ3n) is 5.77. The number of rotatable bonds is 4. The van der Waals surface area contributed by atoms with Gasteiger partial charge in [0.15, 0.2) is 5.82 Å². The number of amides is 2. The van der Waals surface area contributed by atoms with Gasteiger partial charge < -0.3 is 4.90 Å². The number of aromatic nitrogens is 2. The number of urea groups is 1. The van der Waals surface area contributed by atoms with E-state index in [1.807, 2.05) is 40.8 Å². The van der Waals surface area contributed by atoms with E-state index in [0.717, 1.165) is 23.2 Å². The highest BCUT2D eigenvalue weighted by Gasteiger charge is 2.31. The molecule has 2 heterocycles. The lowest BCUT2D eigenvalue weighted by molar-refractivity contribution is 0.206. The Morgan fingerprint density at radius 3 is 3.00 bits per heavy atom. The van der Waals surface area contributed by atoms with Gasteiger partial charge in [-0.25, -0.2) is 4.79 Å². The van der Waals surface area contributed by atoms with Gasteiger partial charge in [-0.05, 0) is 55.7 Å². The first-order valence-corrected chi connectivity index (χ1v) is 9.65. The lowest BCUT2D eigenvalue weighted by Gasteiger charge is -2.29. The number of carbonyl (C=O) groups excluding carboxylic acids is 1. The summed E-state index contributed by atoms with van der Waals surface area (Å²) in [7, 11) is 0. The maximum Gasteiger partial charge on any atom is 0.323 e. The average molecular weight is 363 g/mol. The molecular weight excluding hydrogens is 338 g/mol. The molecule has 27 heavy (non-hydrogen) atoms. The lowest BCUT2D eigenvalue weighted by atomic mass is 9.93. The second kappa shape index (κ2) is 7.07. The minimum Gasteiger partial charge on any atom is -0.320 e. The van der Waals surface area contributed by atoms with Crippen LogP contribution in [0.25, 0.3) is 0 Å². The van der Waals surface area contributed by atoms with Crippen LogP contribution < -0.4 is 5.32 Å². The molecule has 1 aromatic heterocycles. The van der Waals surface area contributed by atoms with Gasteiger partial charge in [-0.1, -0.05) is 18.2 Å². The van der Waals surface area contributed by atoms with E-state index in [0.29, 0.717) is 37.3 Å². The average Bonchev–Trinajstić information content (AvgIpc) is 3.45. The molecule has 1 N–H and O–H groups in total. The van der Waals surface area contributed by atoms with Gasteiger partial charge in [-0.15, -0.1) is 0 Å². The summed E-state index contributed by atoms with van der Waals surface area (Å²) >= 11 is 0. The maximum atomic E-state index is 12.7. The molecule has 1 aromatic carbocycles. The first-order valence-electron chi connectivity index (χ1n) is 9.65. The van der Waals surface area contributed by atoms with Crippen molar-refractivity contribution in [2.45, 2.75) is 52.1 Å². The van der Waals surface area contributed by atoms with Crippen LogP contribution in [0.1, 0.15) is 48.2 Å². The molecule has 1 aliphatic heterocycles. The summed E-state index contributed by atoms with van der Waals surface area (Å²) in [6.07, 6.45) is 3.74. The van der Waals surface area contributed by atoms with Crippen LogP contribution in [0.4, 0.5) is 10.6 Å². The molecule has 2 amide bonds. The summed E-state index contributed by atoms with van der Waals surface area (Å²) in [6.45, 7) is 5.46. The second-order valence-corrected chi connectivity index (χ2v) is 7.68. The summed E-state index contributed by atoms with van der Waals surface area (Å²) in [6, 6.07) is 10.5. The molecular formula is C21H25N5O. The number of fused-ring (bicyclic) bond motifs is 1. The Morgan fingerprint density at radius 1 is 1.44 bits per heavy atom. The number of carbonyl (C=O) groups is 1. The molecule has 0 bridgehead atoms. The third-order valence-corrected chi connectivity index (χ3v) is 5.77. The van der Waals surface area contributed by atoms with Gasteiger partial charge in [-0.2, -0.15) is 10.4 Å². The fourth-order valence-electron chi connectivity index (χ4n) is 4.04. The summed E-state index contributed by atoms with van der Waals surface area (Å²) in [5.74, 6) is 1.34. The van der Waals surface area contributed by atoms with Gasteiger partial charge >= 0.3 is 6.03 Å². The number of aryl methyl sites for hydroxylation is 1. The number of nitrogens with zero attached hydrogens (tertiary/aromatic N) is 4. The molecule has 1 unspecified atom stereocenters. The van der Waals surface area contributed by atoms with Gasteiger partial charge in [0.05, 0.1) is 18.5 Å². The maximum absolute atomic E-state index is 12.7. The Balaban J connectivity index is 1.45. The quantitative estimate of drug-likeness (QED) is 0.897. The van der Waals surface area contributed by atoms with Crippen molar-refractivity contribution in [2.24, 2.45) is 5.92 Å². The van der Waals surface area contributed by atoms with Crippen LogP contribution in [0.2, 0.25) is 0 Å². The standard InChI is InChI=1S/C21H25N5O/c1-14-12-20(24-26(14)15(2)16-6-7-16)23-21(27)25-11-9-19-17(8-10-22)4-3-5-18(19)13-25/h3-5,12,15-16H,6-9,11,13H2,1-2H3,(H,23,24,27). The van der Waals surface area contributed by atoms with Crippen molar-refractivity contribution in [2.75, 3.05) is 11.9 Å². The van der Waals surface area contributed by atoms with Crippen LogP contribution in [0, 0.1) is 24.2 Å². The largest absolute Gasteiger partial charge is 0.323 e. The number of benzene rings is 1. The highest BCUT2D eigenvalue weighted by atomic mass is 16.2. The summed E-state index contributed by atoms with van der Waals surface area (Å²) in [5.41, 5.74) is 4.52. The van der Waals surface area contributed by atoms with Crippen LogP contribution in [0.5, 0.6) is 0 Å². The van der Waals surface area contributed by atoms with Gasteiger partial charge in [0.2, 0.25) is 0 Å². The van der Waals surface area contributed by atoms with Crippen molar-refractivity contribution in [3.05, 3.63) is 46.6 Å². The molecule has 6 nitrogen and oxygen atoms in total. The van der Waals surface area contributed by atoms with Crippen LogP contribution in [0.3, 0.4) is 0 Å². The zero-order valence-electron chi connectivity index (χ0n) is 15.9. The van der Waals surface area contributed by atoms with Crippen molar-refractivity contribution in [1.82, 2.24) is 14.7 Å². The van der Waals surface area contributed by atoms with Gasteiger partial charge in [-0.3, -0.25) is 10.00 Å². The highest BCUT2D eigenvalue weighted by molar-refractivity contribution is 5.88. The molecule has 6 heteroatoms.